The van der Waals surface area contributed by atoms with Gasteiger partial charge in [-0.15, -0.1) is 10.2 Å². The number of aliphatic hydroxyl groups is 1. The van der Waals surface area contributed by atoms with E-state index in [4.69, 9.17) is 19.7 Å². The molecule has 204 valence electrons. The van der Waals surface area contributed by atoms with Crippen molar-refractivity contribution in [1.82, 2.24) is 25.1 Å². The number of morpholine rings is 1. The molecule has 1 saturated heterocycles. The van der Waals surface area contributed by atoms with Crippen molar-refractivity contribution < 1.29 is 33.1 Å². The van der Waals surface area contributed by atoms with Gasteiger partial charge in [-0.1, -0.05) is 5.16 Å². The number of benzene rings is 1. The van der Waals surface area contributed by atoms with Gasteiger partial charge in [0, 0.05) is 30.1 Å². The number of halogens is 1. The van der Waals surface area contributed by atoms with E-state index in [0.717, 1.165) is 13.0 Å². The molecule has 0 aliphatic carbocycles. The molecule has 2 amide bonds. The van der Waals surface area contributed by atoms with Gasteiger partial charge >= 0.3 is 0 Å². The summed E-state index contributed by atoms with van der Waals surface area (Å²) in [5.74, 6) is -2.02. The SMILES string of the molecule is CC(C)Oc1cc(-n2ccc(N3CCOC(C(C)(O)C(=O)Nc4cc(F)c5c(N)noc5c4)C3=O)n2)cnn1. The lowest BCUT2D eigenvalue weighted by Gasteiger charge is -2.37. The Bertz CT molecular complexity index is 1550. The van der Waals surface area contributed by atoms with E-state index in [-0.39, 0.29) is 47.5 Å². The van der Waals surface area contributed by atoms with Crippen molar-refractivity contribution in [3.05, 3.63) is 42.5 Å². The third kappa shape index (κ3) is 4.96. The van der Waals surface area contributed by atoms with E-state index in [1.807, 2.05) is 13.8 Å². The highest BCUT2D eigenvalue weighted by Crippen LogP contribution is 2.29. The normalized spacial score (nSPS) is 17.4. The first kappa shape index (κ1) is 26.0. The number of rotatable bonds is 7. The zero-order valence-corrected chi connectivity index (χ0v) is 21.2. The molecule has 1 aliphatic rings. The van der Waals surface area contributed by atoms with Crippen molar-refractivity contribution in [3.8, 4) is 11.6 Å². The van der Waals surface area contributed by atoms with Crippen LogP contribution in [0.15, 0.2) is 41.2 Å². The first-order chi connectivity index (χ1) is 18.5. The molecule has 0 radical (unpaired) electrons. The van der Waals surface area contributed by atoms with E-state index in [9.17, 15) is 19.1 Å². The van der Waals surface area contributed by atoms with Crippen LogP contribution in [0, 0.1) is 5.82 Å². The fraction of sp³-hybridized carbons (Fsp3) is 0.333. The predicted octanol–water partition coefficient (Wildman–Crippen LogP) is 1.43. The summed E-state index contributed by atoms with van der Waals surface area (Å²) < 4.78 is 32.0. The van der Waals surface area contributed by atoms with Gasteiger partial charge in [0.25, 0.3) is 11.8 Å². The summed E-state index contributed by atoms with van der Waals surface area (Å²) in [4.78, 5) is 27.7. The number of ether oxygens (including phenoxy) is 2. The molecule has 4 N–H and O–H groups in total. The number of hydrogen-bond donors (Lipinski definition) is 3. The summed E-state index contributed by atoms with van der Waals surface area (Å²) in [6.07, 6.45) is 1.43. The molecule has 14 nitrogen and oxygen atoms in total. The lowest BCUT2D eigenvalue weighted by Crippen LogP contribution is -2.61. The quantitative estimate of drug-likeness (QED) is 0.308. The van der Waals surface area contributed by atoms with Crippen LogP contribution in [-0.2, 0) is 14.3 Å². The Balaban J connectivity index is 1.33. The largest absolute Gasteiger partial charge is 0.474 e. The predicted molar refractivity (Wildman–Crippen MR) is 135 cm³/mol. The number of hydrogen-bond acceptors (Lipinski definition) is 11. The van der Waals surface area contributed by atoms with Crippen molar-refractivity contribution in [3.63, 3.8) is 0 Å². The first-order valence-corrected chi connectivity index (χ1v) is 11.9. The number of nitrogens with one attached hydrogen (secondary N) is 1. The summed E-state index contributed by atoms with van der Waals surface area (Å²) in [5.41, 5.74) is 3.77. The van der Waals surface area contributed by atoms with Crippen molar-refractivity contribution in [2.75, 3.05) is 29.1 Å². The van der Waals surface area contributed by atoms with E-state index in [1.54, 1.807) is 18.3 Å². The second kappa shape index (κ2) is 9.92. The molecule has 2 unspecified atom stereocenters. The lowest BCUT2D eigenvalue weighted by molar-refractivity contribution is -0.165. The average Bonchev–Trinajstić information content (AvgIpc) is 3.51. The van der Waals surface area contributed by atoms with E-state index < -0.39 is 29.3 Å². The summed E-state index contributed by atoms with van der Waals surface area (Å²) in [6, 6.07) is 5.54. The molecular formula is C24H25FN8O6. The highest BCUT2D eigenvalue weighted by molar-refractivity contribution is 6.06. The third-order valence-electron chi connectivity index (χ3n) is 5.96. The molecule has 1 aliphatic heterocycles. The Hall–Kier alpha value is -4.63. The highest BCUT2D eigenvalue weighted by Gasteiger charge is 2.49. The van der Waals surface area contributed by atoms with Crippen LogP contribution in [0.25, 0.3) is 16.7 Å². The van der Waals surface area contributed by atoms with Gasteiger partial charge in [0.05, 0.1) is 31.1 Å². The molecule has 0 spiro atoms. The van der Waals surface area contributed by atoms with Crippen LogP contribution in [0.3, 0.4) is 0 Å². The molecule has 4 heterocycles. The van der Waals surface area contributed by atoms with Crippen LogP contribution in [0.4, 0.5) is 21.7 Å². The monoisotopic (exact) mass is 540 g/mol. The molecular weight excluding hydrogens is 515 g/mol. The second-order valence-electron chi connectivity index (χ2n) is 9.28. The Morgan fingerprint density at radius 1 is 1.36 bits per heavy atom. The Morgan fingerprint density at radius 2 is 2.15 bits per heavy atom. The second-order valence-corrected chi connectivity index (χ2v) is 9.28. The number of nitrogen functional groups attached to an aromatic ring is 1. The molecule has 1 aromatic carbocycles. The van der Waals surface area contributed by atoms with E-state index >= 15 is 0 Å². The van der Waals surface area contributed by atoms with Crippen molar-refractivity contribution in [2.24, 2.45) is 0 Å². The minimum absolute atomic E-state index is 0.00137. The molecule has 0 bridgehead atoms. The van der Waals surface area contributed by atoms with Gasteiger partial charge in [0.2, 0.25) is 5.88 Å². The molecule has 3 aromatic heterocycles. The van der Waals surface area contributed by atoms with Crippen LogP contribution < -0.4 is 20.7 Å². The van der Waals surface area contributed by atoms with Crippen LogP contribution in [0.5, 0.6) is 5.88 Å². The maximum absolute atomic E-state index is 14.4. The van der Waals surface area contributed by atoms with E-state index in [2.05, 4.69) is 25.8 Å². The summed E-state index contributed by atoms with van der Waals surface area (Å²) in [6.45, 7) is 5.01. The standard InChI is InChI=1S/C24H25FN8O6/c1-12(2)38-18-10-14(11-27-29-18)33-5-4-17(30-33)32-6-7-37-20(22(32)34)24(3,36)23(35)28-13-8-15(25)19-16(9-13)39-31-21(19)26/h4-5,8-12,20,36H,6-7H2,1-3H3,(H2,26,31)(H,28,35). The Labute approximate surface area is 220 Å². The molecule has 39 heavy (non-hydrogen) atoms. The minimum atomic E-state index is -2.33. The van der Waals surface area contributed by atoms with Crippen LogP contribution in [-0.4, -0.2) is 73.0 Å². The van der Waals surface area contributed by atoms with Gasteiger partial charge < -0.3 is 30.2 Å². The van der Waals surface area contributed by atoms with Crippen LogP contribution in [0.1, 0.15) is 20.8 Å². The molecule has 15 heteroatoms. The maximum Gasteiger partial charge on any atom is 0.260 e. The molecule has 5 rings (SSSR count). The fourth-order valence-electron chi connectivity index (χ4n) is 4.07. The lowest BCUT2D eigenvalue weighted by atomic mass is 9.95. The van der Waals surface area contributed by atoms with E-state index in [0.29, 0.717) is 11.6 Å². The summed E-state index contributed by atoms with van der Waals surface area (Å²) in [7, 11) is 0. The fourth-order valence-corrected chi connectivity index (χ4v) is 4.07. The summed E-state index contributed by atoms with van der Waals surface area (Å²) >= 11 is 0. The first-order valence-electron chi connectivity index (χ1n) is 11.9. The number of nitrogens with zero attached hydrogens (tertiary/aromatic N) is 6. The van der Waals surface area contributed by atoms with Gasteiger partial charge in [-0.25, -0.2) is 9.07 Å². The summed E-state index contributed by atoms with van der Waals surface area (Å²) in [5, 5.41) is 29.2. The highest BCUT2D eigenvalue weighted by atomic mass is 19.1. The zero-order chi connectivity index (χ0) is 27.9. The van der Waals surface area contributed by atoms with Gasteiger partial charge in [-0.05, 0) is 26.8 Å². The zero-order valence-electron chi connectivity index (χ0n) is 21.2. The van der Waals surface area contributed by atoms with Crippen LogP contribution in [0.2, 0.25) is 0 Å². The smallest absolute Gasteiger partial charge is 0.260 e. The number of nitrogens with two attached hydrogens (primary N) is 1. The number of fused-ring (bicyclic) bond motifs is 1. The molecule has 1 fully saturated rings. The Kier molecular flexibility index (Phi) is 6.61. The molecule has 2 atom stereocenters. The topological polar surface area (TPSA) is 184 Å². The van der Waals surface area contributed by atoms with Crippen molar-refractivity contribution in [1.29, 1.82) is 0 Å². The van der Waals surface area contributed by atoms with Crippen molar-refractivity contribution >= 4 is 40.1 Å². The number of amides is 2. The number of carbonyl (C=O) groups excluding carboxylic acids is 2. The number of anilines is 3. The van der Waals surface area contributed by atoms with Gasteiger partial charge in [0.15, 0.2) is 28.9 Å². The van der Waals surface area contributed by atoms with Gasteiger partial charge in [0.1, 0.15) is 11.2 Å². The third-order valence-corrected chi connectivity index (χ3v) is 5.96. The Morgan fingerprint density at radius 3 is 2.92 bits per heavy atom. The molecule has 4 aromatic rings. The average molecular weight is 541 g/mol. The van der Waals surface area contributed by atoms with Crippen molar-refractivity contribution in [2.45, 2.75) is 38.6 Å². The number of carbonyl (C=O) groups is 2. The van der Waals surface area contributed by atoms with Gasteiger partial charge in [-0.3, -0.25) is 14.5 Å². The van der Waals surface area contributed by atoms with Crippen LogP contribution >= 0.6 is 0 Å². The van der Waals surface area contributed by atoms with Gasteiger partial charge in [-0.2, -0.15) is 5.10 Å². The molecule has 0 saturated carbocycles. The van der Waals surface area contributed by atoms with E-state index in [1.165, 1.54) is 21.8 Å². The minimum Gasteiger partial charge on any atom is -0.474 e. The number of aromatic nitrogens is 5. The maximum atomic E-state index is 14.4.